The highest BCUT2D eigenvalue weighted by Crippen LogP contribution is 2.27. The monoisotopic (exact) mass is 395 g/mol. The molecule has 1 fully saturated rings. The van der Waals surface area contributed by atoms with Crippen molar-refractivity contribution >= 4 is 5.96 Å². The second-order valence-electron chi connectivity index (χ2n) is 7.57. The number of ether oxygens (including phenoxy) is 3. The zero-order chi connectivity index (χ0) is 20.1. The van der Waals surface area contributed by atoms with Crippen LogP contribution in [0.25, 0.3) is 0 Å². The Balaban J connectivity index is 1.31. The molecule has 6 heteroatoms. The van der Waals surface area contributed by atoms with Gasteiger partial charge in [0.25, 0.3) is 0 Å². The molecule has 0 saturated carbocycles. The van der Waals surface area contributed by atoms with Gasteiger partial charge in [-0.05, 0) is 30.2 Å². The van der Waals surface area contributed by atoms with E-state index in [-0.39, 0.29) is 12.2 Å². The van der Waals surface area contributed by atoms with Crippen molar-refractivity contribution in [3.63, 3.8) is 0 Å². The van der Waals surface area contributed by atoms with Gasteiger partial charge in [-0.2, -0.15) is 0 Å². The van der Waals surface area contributed by atoms with Gasteiger partial charge in [-0.15, -0.1) is 0 Å². The number of para-hydroxylation sites is 1. The maximum atomic E-state index is 6.19. The molecule has 2 atom stereocenters. The van der Waals surface area contributed by atoms with Gasteiger partial charge >= 0.3 is 0 Å². The second-order valence-corrected chi connectivity index (χ2v) is 7.57. The summed E-state index contributed by atoms with van der Waals surface area (Å²) in [6.45, 7) is 4.84. The van der Waals surface area contributed by atoms with Gasteiger partial charge < -0.3 is 24.8 Å². The van der Waals surface area contributed by atoms with Crippen LogP contribution in [0, 0.1) is 6.92 Å². The predicted octanol–water partition coefficient (Wildman–Crippen LogP) is 2.83. The Kier molecular flexibility index (Phi) is 6.20. The molecule has 6 nitrogen and oxygen atoms in total. The molecular weight excluding hydrogens is 366 g/mol. The van der Waals surface area contributed by atoms with Crippen molar-refractivity contribution < 1.29 is 14.2 Å². The van der Waals surface area contributed by atoms with Crippen molar-refractivity contribution in [1.29, 1.82) is 0 Å². The Morgan fingerprint density at radius 3 is 2.90 bits per heavy atom. The minimum atomic E-state index is 0.117. The van der Waals surface area contributed by atoms with Crippen LogP contribution in [0.5, 0.6) is 11.5 Å². The van der Waals surface area contributed by atoms with E-state index < -0.39 is 0 Å². The molecule has 0 amide bonds. The third kappa shape index (κ3) is 5.01. The lowest BCUT2D eigenvalue weighted by molar-refractivity contribution is 0.140. The fraction of sp³-hybridized carbons (Fsp3) is 0.435. The fourth-order valence-corrected chi connectivity index (χ4v) is 3.68. The van der Waals surface area contributed by atoms with Crippen LogP contribution >= 0.6 is 0 Å². The van der Waals surface area contributed by atoms with E-state index in [1.54, 1.807) is 7.05 Å². The second kappa shape index (κ2) is 9.18. The molecule has 2 heterocycles. The SMILES string of the molecule is CN=C(NCc1ccc(C)cc1OC1CCOC1)NCC1Cc2ccccc2O1. The van der Waals surface area contributed by atoms with Crippen LogP contribution in [0.3, 0.4) is 0 Å². The van der Waals surface area contributed by atoms with Gasteiger partial charge in [-0.25, -0.2) is 0 Å². The number of benzene rings is 2. The zero-order valence-corrected chi connectivity index (χ0v) is 17.1. The average molecular weight is 396 g/mol. The van der Waals surface area contributed by atoms with Crippen molar-refractivity contribution in [2.45, 2.75) is 38.5 Å². The molecule has 0 spiro atoms. The summed E-state index contributed by atoms with van der Waals surface area (Å²) < 4.78 is 17.6. The van der Waals surface area contributed by atoms with Crippen LogP contribution < -0.4 is 20.1 Å². The van der Waals surface area contributed by atoms with E-state index in [1.165, 1.54) is 11.1 Å². The maximum Gasteiger partial charge on any atom is 0.191 e. The van der Waals surface area contributed by atoms with Gasteiger partial charge in [0.05, 0.1) is 19.8 Å². The third-order valence-corrected chi connectivity index (χ3v) is 5.29. The van der Waals surface area contributed by atoms with E-state index in [1.807, 2.05) is 12.1 Å². The quantitative estimate of drug-likeness (QED) is 0.582. The molecule has 29 heavy (non-hydrogen) atoms. The molecule has 2 aliphatic heterocycles. The lowest BCUT2D eigenvalue weighted by atomic mass is 10.1. The summed E-state index contributed by atoms with van der Waals surface area (Å²) >= 11 is 0. The summed E-state index contributed by atoms with van der Waals surface area (Å²) in [5.41, 5.74) is 3.55. The molecule has 2 aromatic rings. The standard InChI is InChI=1S/C23H29N3O3/c1-16-7-8-18(22(11-16)28-19-9-10-27-15-19)13-25-23(24-2)26-14-20-12-17-5-3-4-6-21(17)29-20/h3-8,11,19-20H,9-10,12-15H2,1-2H3,(H2,24,25,26). The maximum absolute atomic E-state index is 6.19. The highest BCUT2D eigenvalue weighted by Gasteiger charge is 2.22. The van der Waals surface area contributed by atoms with Crippen LogP contribution in [0.2, 0.25) is 0 Å². The van der Waals surface area contributed by atoms with Gasteiger partial charge in [0.15, 0.2) is 5.96 Å². The molecule has 1 saturated heterocycles. The van der Waals surface area contributed by atoms with Crippen LogP contribution in [-0.2, 0) is 17.7 Å². The molecule has 2 N–H and O–H groups in total. The third-order valence-electron chi connectivity index (χ3n) is 5.29. The summed E-state index contributed by atoms with van der Waals surface area (Å²) in [6.07, 6.45) is 2.11. The molecule has 2 aliphatic rings. The Morgan fingerprint density at radius 2 is 2.10 bits per heavy atom. The number of nitrogens with zero attached hydrogens (tertiary/aromatic N) is 1. The van der Waals surface area contributed by atoms with E-state index in [4.69, 9.17) is 14.2 Å². The minimum absolute atomic E-state index is 0.117. The smallest absolute Gasteiger partial charge is 0.191 e. The lowest BCUT2D eigenvalue weighted by Crippen LogP contribution is -2.42. The average Bonchev–Trinajstić information content (AvgIpc) is 3.38. The minimum Gasteiger partial charge on any atom is -0.488 e. The van der Waals surface area contributed by atoms with Crippen molar-refractivity contribution in [3.05, 3.63) is 59.2 Å². The molecular formula is C23H29N3O3. The van der Waals surface area contributed by atoms with E-state index in [0.717, 1.165) is 42.5 Å². The summed E-state index contributed by atoms with van der Waals surface area (Å²) in [4.78, 5) is 4.34. The van der Waals surface area contributed by atoms with Crippen molar-refractivity contribution in [2.24, 2.45) is 4.99 Å². The molecule has 0 radical (unpaired) electrons. The highest BCUT2D eigenvalue weighted by molar-refractivity contribution is 5.79. The first kappa shape index (κ1) is 19.6. The lowest BCUT2D eigenvalue weighted by Gasteiger charge is -2.19. The molecule has 2 aromatic carbocycles. The molecule has 154 valence electrons. The molecule has 0 aromatic heterocycles. The molecule has 4 rings (SSSR count). The van der Waals surface area contributed by atoms with E-state index in [9.17, 15) is 0 Å². The largest absolute Gasteiger partial charge is 0.488 e. The van der Waals surface area contributed by atoms with Gasteiger partial charge in [0.2, 0.25) is 0 Å². The van der Waals surface area contributed by atoms with Crippen molar-refractivity contribution in [2.75, 3.05) is 26.8 Å². The van der Waals surface area contributed by atoms with Gasteiger partial charge in [0.1, 0.15) is 23.7 Å². The summed E-state index contributed by atoms with van der Waals surface area (Å²) in [5.74, 6) is 2.65. The van der Waals surface area contributed by atoms with E-state index >= 15 is 0 Å². The fourth-order valence-electron chi connectivity index (χ4n) is 3.68. The van der Waals surface area contributed by atoms with Crippen LogP contribution in [0.4, 0.5) is 0 Å². The van der Waals surface area contributed by atoms with Crippen LogP contribution in [-0.4, -0.2) is 45.0 Å². The van der Waals surface area contributed by atoms with E-state index in [2.05, 4.69) is 52.9 Å². The number of aryl methyl sites for hydroxylation is 1. The van der Waals surface area contributed by atoms with Crippen LogP contribution in [0.15, 0.2) is 47.5 Å². The van der Waals surface area contributed by atoms with Crippen LogP contribution in [0.1, 0.15) is 23.1 Å². The first-order valence-electron chi connectivity index (χ1n) is 10.2. The summed E-state index contributed by atoms with van der Waals surface area (Å²) in [5, 5.41) is 6.76. The van der Waals surface area contributed by atoms with E-state index in [0.29, 0.717) is 19.7 Å². The first-order chi connectivity index (χ1) is 14.2. The highest BCUT2D eigenvalue weighted by atomic mass is 16.5. The topological polar surface area (TPSA) is 64.1 Å². The van der Waals surface area contributed by atoms with Gasteiger partial charge in [-0.1, -0.05) is 30.3 Å². The van der Waals surface area contributed by atoms with Gasteiger partial charge in [0, 0.05) is 32.0 Å². The van der Waals surface area contributed by atoms with Crippen molar-refractivity contribution in [3.8, 4) is 11.5 Å². The normalized spacial score (nSPS) is 20.8. The number of nitrogens with one attached hydrogen (secondary N) is 2. The summed E-state index contributed by atoms with van der Waals surface area (Å²) in [7, 11) is 1.78. The Hall–Kier alpha value is -2.73. The predicted molar refractivity (Wildman–Crippen MR) is 114 cm³/mol. The number of hydrogen-bond acceptors (Lipinski definition) is 4. The Labute approximate surface area is 172 Å². The first-order valence-corrected chi connectivity index (χ1v) is 10.2. The Bertz CT molecular complexity index is 837. The number of fused-ring (bicyclic) bond motifs is 1. The molecule has 0 aliphatic carbocycles. The number of aliphatic imine (C=N–C) groups is 1. The molecule has 0 bridgehead atoms. The zero-order valence-electron chi connectivity index (χ0n) is 17.1. The summed E-state index contributed by atoms with van der Waals surface area (Å²) in [6, 6.07) is 14.5. The molecule has 2 unspecified atom stereocenters. The number of hydrogen-bond donors (Lipinski definition) is 2. The Morgan fingerprint density at radius 1 is 1.21 bits per heavy atom. The number of rotatable bonds is 6. The van der Waals surface area contributed by atoms with Gasteiger partial charge in [-0.3, -0.25) is 4.99 Å². The van der Waals surface area contributed by atoms with Crippen molar-refractivity contribution in [1.82, 2.24) is 10.6 Å². The number of guanidine groups is 1.